The van der Waals surface area contributed by atoms with E-state index in [1.807, 2.05) is 0 Å². The van der Waals surface area contributed by atoms with E-state index < -0.39 is 6.17 Å². The van der Waals surface area contributed by atoms with Gasteiger partial charge in [-0.05, 0) is 12.1 Å². The summed E-state index contributed by atoms with van der Waals surface area (Å²) >= 11 is 0. The van der Waals surface area contributed by atoms with E-state index in [0.29, 0.717) is 5.76 Å². The Kier molecular flexibility index (Phi) is 2.73. The number of carbonyl (C=O) groups excluding carboxylic acids is 2. The van der Waals surface area contributed by atoms with Gasteiger partial charge in [0.2, 0.25) is 18.3 Å². The molecule has 0 unspecified atom stereocenters. The van der Waals surface area contributed by atoms with Crippen molar-refractivity contribution in [2.45, 2.75) is 6.17 Å². The molecule has 5 heteroatoms. The lowest BCUT2D eigenvalue weighted by molar-refractivity contribution is 0.467. The summed E-state index contributed by atoms with van der Waals surface area (Å²) in [5.74, 6) is 0.307. The molecule has 0 fully saturated rings. The van der Waals surface area contributed by atoms with E-state index in [2.05, 4.69) is 9.98 Å². The van der Waals surface area contributed by atoms with Gasteiger partial charge in [0.25, 0.3) is 0 Å². The summed E-state index contributed by atoms with van der Waals surface area (Å²) in [6.45, 7) is 0. The highest BCUT2D eigenvalue weighted by molar-refractivity contribution is 5.38. The first kappa shape index (κ1) is 8.14. The van der Waals surface area contributed by atoms with Crippen LogP contribution in [0.1, 0.15) is 11.9 Å². The smallest absolute Gasteiger partial charge is 0.237 e. The minimum Gasteiger partial charge on any atom is -0.465 e. The standard InChI is InChI=1S/C7H4N2O3/c10-4-8-7(9-5-11)6-2-1-3-12-6/h1-3,7H. The van der Waals surface area contributed by atoms with Crippen LogP contribution in [-0.2, 0) is 9.59 Å². The molecule has 0 aliphatic rings. The number of hydrogen-bond acceptors (Lipinski definition) is 5. The van der Waals surface area contributed by atoms with Crippen molar-refractivity contribution in [1.82, 2.24) is 0 Å². The minimum atomic E-state index is -0.949. The van der Waals surface area contributed by atoms with Crippen molar-refractivity contribution in [3.8, 4) is 0 Å². The Morgan fingerprint density at radius 1 is 1.33 bits per heavy atom. The molecule has 0 aliphatic carbocycles. The predicted molar refractivity (Wildman–Crippen MR) is 37.7 cm³/mol. The molecule has 0 saturated carbocycles. The van der Waals surface area contributed by atoms with Gasteiger partial charge >= 0.3 is 0 Å². The molecule has 1 aromatic heterocycles. The van der Waals surface area contributed by atoms with E-state index in [4.69, 9.17) is 4.42 Å². The van der Waals surface area contributed by atoms with Crippen LogP contribution >= 0.6 is 0 Å². The molecule has 0 amide bonds. The van der Waals surface area contributed by atoms with Gasteiger partial charge in [-0.2, -0.15) is 9.98 Å². The van der Waals surface area contributed by atoms with Gasteiger partial charge in [0.1, 0.15) is 0 Å². The number of aliphatic imine (C=N–C) groups is 2. The average molecular weight is 164 g/mol. The molecule has 0 radical (unpaired) electrons. The normalized spacial score (nSPS) is 11.0. The third-order valence-corrected chi connectivity index (χ3v) is 1.15. The molecule has 1 aromatic rings. The van der Waals surface area contributed by atoms with E-state index in [9.17, 15) is 9.59 Å². The quantitative estimate of drug-likeness (QED) is 0.493. The van der Waals surface area contributed by atoms with Crippen molar-refractivity contribution >= 4 is 12.2 Å². The highest BCUT2D eigenvalue weighted by atomic mass is 16.3. The molecular formula is C7H4N2O3. The summed E-state index contributed by atoms with van der Waals surface area (Å²) in [7, 11) is 0. The van der Waals surface area contributed by atoms with Crippen LogP contribution in [0.3, 0.4) is 0 Å². The first-order valence-corrected chi connectivity index (χ1v) is 3.06. The van der Waals surface area contributed by atoms with Crippen LogP contribution < -0.4 is 0 Å². The van der Waals surface area contributed by atoms with E-state index in [1.165, 1.54) is 18.4 Å². The molecule has 0 saturated heterocycles. The Morgan fingerprint density at radius 2 is 2.00 bits per heavy atom. The highest BCUT2D eigenvalue weighted by Crippen LogP contribution is 2.17. The van der Waals surface area contributed by atoms with E-state index in [0.717, 1.165) is 0 Å². The monoisotopic (exact) mass is 164 g/mol. The third-order valence-electron chi connectivity index (χ3n) is 1.15. The van der Waals surface area contributed by atoms with Crippen molar-refractivity contribution in [3.05, 3.63) is 24.2 Å². The Labute approximate surface area is 67.4 Å². The second-order valence-corrected chi connectivity index (χ2v) is 1.83. The van der Waals surface area contributed by atoms with Gasteiger partial charge in [0.05, 0.1) is 6.26 Å². The van der Waals surface area contributed by atoms with Crippen LogP contribution in [0, 0.1) is 0 Å². The van der Waals surface area contributed by atoms with Gasteiger partial charge in [0, 0.05) is 0 Å². The van der Waals surface area contributed by atoms with E-state index >= 15 is 0 Å². The van der Waals surface area contributed by atoms with E-state index in [-0.39, 0.29) is 0 Å². The van der Waals surface area contributed by atoms with Gasteiger partial charge < -0.3 is 4.42 Å². The molecule has 0 atom stereocenters. The molecule has 0 spiro atoms. The lowest BCUT2D eigenvalue weighted by Crippen LogP contribution is -1.87. The van der Waals surface area contributed by atoms with Crippen molar-refractivity contribution in [1.29, 1.82) is 0 Å². The molecule has 12 heavy (non-hydrogen) atoms. The maximum absolute atomic E-state index is 9.86. The number of isocyanates is 2. The predicted octanol–water partition coefficient (Wildman–Crippen LogP) is 0.950. The molecule has 0 bridgehead atoms. The maximum Gasteiger partial charge on any atom is 0.237 e. The second kappa shape index (κ2) is 4.03. The Balaban J connectivity index is 2.94. The number of rotatable bonds is 3. The van der Waals surface area contributed by atoms with Crippen LogP contribution in [-0.4, -0.2) is 12.2 Å². The summed E-state index contributed by atoms with van der Waals surface area (Å²) in [6, 6.07) is 3.15. The molecule has 1 heterocycles. The molecular weight excluding hydrogens is 160 g/mol. The number of furan rings is 1. The van der Waals surface area contributed by atoms with Crippen molar-refractivity contribution in [2.75, 3.05) is 0 Å². The molecule has 1 rings (SSSR count). The Morgan fingerprint density at radius 3 is 2.42 bits per heavy atom. The molecule has 5 nitrogen and oxygen atoms in total. The van der Waals surface area contributed by atoms with Crippen LogP contribution in [0.4, 0.5) is 0 Å². The highest BCUT2D eigenvalue weighted by Gasteiger charge is 2.09. The van der Waals surface area contributed by atoms with Gasteiger partial charge in [-0.1, -0.05) is 0 Å². The number of nitrogens with zero attached hydrogens (tertiary/aromatic N) is 2. The molecule has 0 aliphatic heterocycles. The van der Waals surface area contributed by atoms with Crippen molar-refractivity contribution in [3.63, 3.8) is 0 Å². The zero-order valence-corrected chi connectivity index (χ0v) is 5.93. The zero-order valence-electron chi connectivity index (χ0n) is 5.93. The lowest BCUT2D eigenvalue weighted by atomic mass is 10.4. The molecule has 0 aromatic carbocycles. The van der Waals surface area contributed by atoms with Crippen LogP contribution in [0.15, 0.2) is 32.8 Å². The van der Waals surface area contributed by atoms with Gasteiger partial charge in [0.15, 0.2) is 5.76 Å². The maximum atomic E-state index is 9.86. The summed E-state index contributed by atoms with van der Waals surface area (Å²) in [4.78, 5) is 26.2. The fraction of sp³-hybridized carbons (Fsp3) is 0.143. The third kappa shape index (κ3) is 1.76. The fourth-order valence-electron chi connectivity index (χ4n) is 0.694. The number of hydrogen-bond donors (Lipinski definition) is 0. The SMILES string of the molecule is O=C=NC(N=C=O)c1ccco1. The topological polar surface area (TPSA) is 72.0 Å². The summed E-state index contributed by atoms with van der Waals surface area (Å²) in [5, 5.41) is 0. The van der Waals surface area contributed by atoms with Crippen LogP contribution in [0.25, 0.3) is 0 Å². The first-order chi connectivity index (χ1) is 5.88. The first-order valence-electron chi connectivity index (χ1n) is 3.06. The molecule has 60 valence electrons. The van der Waals surface area contributed by atoms with Crippen LogP contribution in [0.2, 0.25) is 0 Å². The minimum absolute atomic E-state index is 0.307. The Bertz CT molecular complexity index is 314. The lowest BCUT2D eigenvalue weighted by Gasteiger charge is -1.95. The zero-order chi connectivity index (χ0) is 8.81. The van der Waals surface area contributed by atoms with Crippen molar-refractivity contribution < 1.29 is 14.0 Å². The van der Waals surface area contributed by atoms with Gasteiger partial charge in [-0.15, -0.1) is 0 Å². The average Bonchev–Trinajstić information content (AvgIpc) is 2.56. The summed E-state index contributed by atoms with van der Waals surface area (Å²) in [5.41, 5.74) is 0. The summed E-state index contributed by atoms with van der Waals surface area (Å²) < 4.78 is 4.86. The largest absolute Gasteiger partial charge is 0.465 e. The van der Waals surface area contributed by atoms with Crippen molar-refractivity contribution in [2.24, 2.45) is 9.98 Å². The van der Waals surface area contributed by atoms with Gasteiger partial charge in [-0.25, -0.2) is 9.59 Å². The second-order valence-electron chi connectivity index (χ2n) is 1.83. The van der Waals surface area contributed by atoms with Gasteiger partial charge in [-0.3, -0.25) is 0 Å². The Hall–Kier alpha value is -1.96. The van der Waals surface area contributed by atoms with E-state index in [1.54, 1.807) is 12.1 Å². The molecule has 0 N–H and O–H groups in total. The summed E-state index contributed by atoms with van der Waals surface area (Å²) in [6.07, 6.45) is 3.01. The van der Waals surface area contributed by atoms with Crippen LogP contribution in [0.5, 0.6) is 0 Å². The fourth-order valence-corrected chi connectivity index (χ4v) is 0.694.